The van der Waals surface area contributed by atoms with Crippen LogP contribution in [0.2, 0.25) is 5.02 Å². The second kappa shape index (κ2) is 7.26. The fourth-order valence-electron chi connectivity index (χ4n) is 1.75. The highest BCUT2D eigenvalue weighted by Gasteiger charge is 2.21. The van der Waals surface area contributed by atoms with Crippen LogP contribution in [0, 0.1) is 0 Å². The molecule has 0 fully saturated rings. The van der Waals surface area contributed by atoms with E-state index < -0.39 is 18.2 Å². The van der Waals surface area contributed by atoms with E-state index in [0.29, 0.717) is 10.6 Å². The predicted molar refractivity (Wildman–Crippen MR) is 77.3 cm³/mol. The van der Waals surface area contributed by atoms with Gasteiger partial charge in [0.15, 0.2) is 0 Å². The van der Waals surface area contributed by atoms with Crippen molar-refractivity contribution in [2.45, 2.75) is 39.0 Å². The van der Waals surface area contributed by atoms with Gasteiger partial charge in [0.1, 0.15) is 6.04 Å². The molecular weight excluding hydrogens is 280 g/mol. The quantitative estimate of drug-likeness (QED) is 0.769. The zero-order valence-corrected chi connectivity index (χ0v) is 12.4. The summed E-state index contributed by atoms with van der Waals surface area (Å²) in [6, 6.07) is 5.62. The number of halogens is 1. The minimum Gasteiger partial charge on any atom is -0.386 e. The summed E-state index contributed by atoms with van der Waals surface area (Å²) < 4.78 is 0. The Morgan fingerprint density at radius 2 is 1.70 bits per heavy atom. The van der Waals surface area contributed by atoms with Gasteiger partial charge in [0.2, 0.25) is 11.8 Å². The van der Waals surface area contributed by atoms with Gasteiger partial charge in [-0.15, -0.1) is 0 Å². The standard InChI is InChI=1S/C14H19ClN2O3/c1-8(17-14(20)9(2)16-10(3)18)13(19)11-4-6-12(15)7-5-11/h4-9,13,19H,1-3H3,(H,16,18)(H,17,20). The predicted octanol–water partition coefficient (Wildman–Crippen LogP) is 1.40. The summed E-state index contributed by atoms with van der Waals surface area (Å²) in [5.74, 6) is -0.626. The Balaban J connectivity index is 2.61. The Hall–Kier alpha value is -1.59. The first-order valence-corrected chi connectivity index (χ1v) is 6.70. The zero-order valence-electron chi connectivity index (χ0n) is 11.7. The average Bonchev–Trinajstić information content (AvgIpc) is 2.37. The first-order valence-electron chi connectivity index (χ1n) is 6.32. The number of hydrogen-bond donors (Lipinski definition) is 3. The molecule has 0 heterocycles. The van der Waals surface area contributed by atoms with Gasteiger partial charge in [-0.3, -0.25) is 9.59 Å². The van der Waals surface area contributed by atoms with E-state index in [9.17, 15) is 14.7 Å². The van der Waals surface area contributed by atoms with Gasteiger partial charge in [-0.1, -0.05) is 23.7 Å². The Labute approximate surface area is 123 Å². The van der Waals surface area contributed by atoms with Crippen LogP contribution in [0.5, 0.6) is 0 Å². The Morgan fingerprint density at radius 3 is 2.20 bits per heavy atom. The van der Waals surface area contributed by atoms with Crippen LogP contribution in [-0.2, 0) is 9.59 Å². The van der Waals surface area contributed by atoms with Crippen molar-refractivity contribution in [1.29, 1.82) is 0 Å². The Bertz CT molecular complexity index is 476. The maximum absolute atomic E-state index is 11.8. The molecule has 1 aromatic carbocycles. The molecule has 3 unspecified atom stereocenters. The fourth-order valence-corrected chi connectivity index (χ4v) is 1.87. The first kappa shape index (κ1) is 16.5. The van der Waals surface area contributed by atoms with Crippen molar-refractivity contribution >= 4 is 23.4 Å². The molecule has 0 spiro atoms. The summed E-state index contributed by atoms with van der Waals surface area (Å²) in [7, 11) is 0. The van der Waals surface area contributed by atoms with Gasteiger partial charge in [0, 0.05) is 11.9 Å². The van der Waals surface area contributed by atoms with Gasteiger partial charge < -0.3 is 15.7 Å². The highest BCUT2D eigenvalue weighted by atomic mass is 35.5. The molecule has 5 nitrogen and oxygen atoms in total. The van der Waals surface area contributed by atoms with Crippen LogP contribution in [0.3, 0.4) is 0 Å². The van der Waals surface area contributed by atoms with Gasteiger partial charge in [-0.05, 0) is 31.5 Å². The summed E-state index contributed by atoms with van der Waals surface area (Å²) in [5.41, 5.74) is 0.661. The summed E-state index contributed by atoms with van der Waals surface area (Å²) >= 11 is 5.78. The van der Waals surface area contributed by atoms with Crippen molar-refractivity contribution in [2.75, 3.05) is 0 Å². The van der Waals surface area contributed by atoms with Gasteiger partial charge in [0.05, 0.1) is 12.1 Å². The molecule has 110 valence electrons. The van der Waals surface area contributed by atoms with E-state index >= 15 is 0 Å². The average molecular weight is 299 g/mol. The molecule has 1 rings (SSSR count). The lowest BCUT2D eigenvalue weighted by Gasteiger charge is -2.22. The summed E-state index contributed by atoms with van der Waals surface area (Å²) in [5, 5.41) is 15.9. The minimum absolute atomic E-state index is 0.279. The van der Waals surface area contributed by atoms with E-state index in [0.717, 1.165) is 0 Å². The topological polar surface area (TPSA) is 78.4 Å². The van der Waals surface area contributed by atoms with E-state index in [2.05, 4.69) is 10.6 Å². The highest BCUT2D eigenvalue weighted by Crippen LogP contribution is 2.19. The van der Waals surface area contributed by atoms with Gasteiger partial charge in [0.25, 0.3) is 0 Å². The summed E-state index contributed by atoms with van der Waals surface area (Å²) in [4.78, 5) is 22.7. The lowest BCUT2D eigenvalue weighted by Crippen LogP contribution is -2.48. The molecular formula is C14H19ClN2O3. The second-order valence-corrected chi connectivity index (χ2v) is 5.15. The number of hydrogen-bond acceptors (Lipinski definition) is 3. The molecule has 0 aromatic heterocycles. The number of carbonyl (C=O) groups is 2. The highest BCUT2D eigenvalue weighted by molar-refractivity contribution is 6.30. The molecule has 20 heavy (non-hydrogen) atoms. The van der Waals surface area contributed by atoms with E-state index in [4.69, 9.17) is 11.6 Å². The molecule has 0 aliphatic rings. The number of aliphatic hydroxyl groups is 1. The summed E-state index contributed by atoms with van der Waals surface area (Å²) in [6.45, 7) is 4.62. The van der Waals surface area contributed by atoms with Gasteiger partial charge >= 0.3 is 0 Å². The van der Waals surface area contributed by atoms with Crippen LogP contribution in [0.1, 0.15) is 32.4 Å². The molecule has 0 radical (unpaired) electrons. The molecule has 3 N–H and O–H groups in total. The van der Waals surface area contributed by atoms with E-state index in [1.165, 1.54) is 6.92 Å². The number of nitrogens with one attached hydrogen (secondary N) is 2. The van der Waals surface area contributed by atoms with Crippen LogP contribution >= 0.6 is 11.6 Å². The van der Waals surface area contributed by atoms with Crippen molar-refractivity contribution < 1.29 is 14.7 Å². The molecule has 0 bridgehead atoms. The first-order chi connectivity index (χ1) is 9.31. The van der Waals surface area contributed by atoms with Crippen LogP contribution in [-0.4, -0.2) is 29.0 Å². The molecule has 0 saturated heterocycles. The fraction of sp³-hybridized carbons (Fsp3) is 0.429. The monoisotopic (exact) mass is 298 g/mol. The maximum Gasteiger partial charge on any atom is 0.242 e. The van der Waals surface area contributed by atoms with Crippen molar-refractivity contribution in [3.63, 3.8) is 0 Å². The SMILES string of the molecule is CC(=O)NC(C)C(=O)NC(C)C(O)c1ccc(Cl)cc1. The summed E-state index contributed by atoms with van der Waals surface area (Å²) in [6.07, 6.45) is -0.847. The molecule has 3 atom stereocenters. The Kier molecular flexibility index (Phi) is 5.98. The van der Waals surface area contributed by atoms with E-state index in [1.54, 1.807) is 38.1 Å². The Morgan fingerprint density at radius 1 is 1.15 bits per heavy atom. The number of rotatable bonds is 5. The van der Waals surface area contributed by atoms with Crippen LogP contribution in [0.15, 0.2) is 24.3 Å². The van der Waals surface area contributed by atoms with Gasteiger partial charge in [-0.25, -0.2) is 0 Å². The number of aliphatic hydroxyl groups excluding tert-OH is 1. The van der Waals surface area contributed by atoms with Crippen molar-refractivity contribution in [3.05, 3.63) is 34.9 Å². The molecule has 0 saturated carbocycles. The normalized spacial score (nSPS) is 15.1. The second-order valence-electron chi connectivity index (χ2n) is 4.72. The molecule has 0 aliphatic carbocycles. The maximum atomic E-state index is 11.8. The van der Waals surface area contributed by atoms with Crippen LogP contribution in [0.4, 0.5) is 0 Å². The van der Waals surface area contributed by atoms with Gasteiger partial charge in [-0.2, -0.15) is 0 Å². The lowest BCUT2D eigenvalue weighted by molar-refractivity contribution is -0.128. The number of carbonyl (C=O) groups excluding carboxylic acids is 2. The third-order valence-electron chi connectivity index (χ3n) is 2.87. The molecule has 6 heteroatoms. The minimum atomic E-state index is -0.847. The van der Waals surface area contributed by atoms with Crippen LogP contribution in [0.25, 0.3) is 0 Å². The molecule has 2 amide bonds. The third-order valence-corrected chi connectivity index (χ3v) is 3.12. The largest absolute Gasteiger partial charge is 0.386 e. The molecule has 1 aromatic rings. The zero-order chi connectivity index (χ0) is 15.3. The third kappa shape index (κ3) is 4.83. The van der Waals surface area contributed by atoms with E-state index in [-0.39, 0.29) is 11.8 Å². The lowest BCUT2D eigenvalue weighted by atomic mass is 10.0. The number of amides is 2. The van der Waals surface area contributed by atoms with Crippen molar-refractivity contribution in [3.8, 4) is 0 Å². The molecule has 0 aliphatic heterocycles. The van der Waals surface area contributed by atoms with Crippen LogP contribution < -0.4 is 10.6 Å². The van der Waals surface area contributed by atoms with Crippen molar-refractivity contribution in [1.82, 2.24) is 10.6 Å². The number of benzene rings is 1. The van der Waals surface area contributed by atoms with E-state index in [1.807, 2.05) is 0 Å². The van der Waals surface area contributed by atoms with Crippen molar-refractivity contribution in [2.24, 2.45) is 0 Å². The smallest absolute Gasteiger partial charge is 0.242 e.